The van der Waals surface area contributed by atoms with Gasteiger partial charge in [0.25, 0.3) is 15.7 Å². The lowest BCUT2D eigenvalue weighted by Crippen LogP contribution is -2.39. The van der Waals surface area contributed by atoms with Crippen molar-refractivity contribution in [1.82, 2.24) is 10.0 Å². The van der Waals surface area contributed by atoms with Crippen LogP contribution in [0.15, 0.2) is 57.2 Å². The zero-order valence-electron chi connectivity index (χ0n) is 16.2. The van der Waals surface area contributed by atoms with E-state index in [2.05, 4.69) is 5.32 Å². The first-order valence-corrected chi connectivity index (χ1v) is 11.4. The Balaban J connectivity index is 2.32. The molecule has 2 aromatic carbocycles. The predicted octanol–water partition coefficient (Wildman–Crippen LogP) is 4.23. The van der Waals surface area contributed by atoms with Crippen molar-refractivity contribution in [3.8, 4) is 0 Å². The molecule has 0 aromatic heterocycles. The molecule has 2 aromatic rings. The Kier molecular flexibility index (Phi) is 8.03. The van der Waals surface area contributed by atoms with Crippen LogP contribution >= 0.6 is 11.8 Å². The van der Waals surface area contributed by atoms with Gasteiger partial charge in [-0.3, -0.25) is 10.1 Å². The quantitative estimate of drug-likeness (QED) is 0.344. The molecule has 0 saturated carbocycles. The Morgan fingerprint density at radius 2 is 1.86 bits per heavy atom. The topological polar surface area (TPSA) is 118 Å². The number of nitro benzene ring substituents is 1. The molecular formula is C19H23N3O5S2. The van der Waals surface area contributed by atoms with E-state index in [0.717, 1.165) is 35.8 Å². The van der Waals surface area contributed by atoms with Crippen LogP contribution in [0.2, 0.25) is 0 Å². The summed E-state index contributed by atoms with van der Waals surface area (Å²) in [4.78, 5) is 23.2. The molecule has 0 aliphatic carbocycles. The number of carbonyl (C=O) groups is 1. The first-order chi connectivity index (χ1) is 13.7. The van der Waals surface area contributed by atoms with Crippen molar-refractivity contribution in [3.05, 3.63) is 58.1 Å². The van der Waals surface area contributed by atoms with Gasteiger partial charge in [0.2, 0.25) is 0 Å². The van der Waals surface area contributed by atoms with Crippen LogP contribution < -0.4 is 10.0 Å². The maximum atomic E-state index is 12.8. The SMILES string of the molecule is CCCCCNC(=O)NS(=O)(=O)c1cc([N+](=O)[O-])ccc1Sc1ccccc1C. The van der Waals surface area contributed by atoms with Gasteiger partial charge < -0.3 is 5.32 Å². The van der Waals surface area contributed by atoms with E-state index in [1.165, 1.54) is 23.9 Å². The summed E-state index contributed by atoms with van der Waals surface area (Å²) in [6.07, 6.45) is 2.61. The predicted molar refractivity (Wildman–Crippen MR) is 112 cm³/mol. The molecule has 0 atom stereocenters. The zero-order valence-corrected chi connectivity index (χ0v) is 17.8. The number of unbranched alkanes of at least 4 members (excludes halogenated alkanes) is 2. The molecule has 10 heteroatoms. The Hall–Kier alpha value is -2.59. The molecule has 2 rings (SSSR count). The van der Waals surface area contributed by atoms with Gasteiger partial charge in [0.15, 0.2) is 0 Å². The number of carbonyl (C=O) groups excluding carboxylic acids is 1. The number of rotatable bonds is 9. The summed E-state index contributed by atoms with van der Waals surface area (Å²) < 4.78 is 27.5. The monoisotopic (exact) mass is 437 g/mol. The highest BCUT2D eigenvalue weighted by atomic mass is 32.2. The second-order valence-corrected chi connectivity index (χ2v) is 9.06. The van der Waals surface area contributed by atoms with Crippen molar-refractivity contribution in [3.63, 3.8) is 0 Å². The van der Waals surface area contributed by atoms with Crippen molar-refractivity contribution < 1.29 is 18.1 Å². The van der Waals surface area contributed by atoms with Crippen LogP contribution in [0.5, 0.6) is 0 Å². The molecule has 0 unspecified atom stereocenters. The van der Waals surface area contributed by atoms with E-state index in [4.69, 9.17) is 0 Å². The minimum atomic E-state index is -4.31. The first-order valence-electron chi connectivity index (χ1n) is 9.07. The molecule has 2 N–H and O–H groups in total. The fourth-order valence-corrected chi connectivity index (χ4v) is 4.88. The number of sulfonamides is 1. The highest BCUT2D eigenvalue weighted by Crippen LogP contribution is 2.36. The van der Waals surface area contributed by atoms with Gasteiger partial charge in [-0.2, -0.15) is 0 Å². The number of hydrogen-bond acceptors (Lipinski definition) is 6. The normalized spacial score (nSPS) is 11.1. The summed E-state index contributed by atoms with van der Waals surface area (Å²) in [5, 5.41) is 13.6. The number of benzene rings is 2. The Morgan fingerprint density at radius 3 is 2.52 bits per heavy atom. The molecule has 0 aliphatic heterocycles. The number of nitrogens with zero attached hydrogens (tertiary/aromatic N) is 1. The second kappa shape index (κ2) is 10.3. The minimum absolute atomic E-state index is 0.288. The highest BCUT2D eigenvalue weighted by Gasteiger charge is 2.25. The van der Waals surface area contributed by atoms with Crippen LogP contribution in [0.4, 0.5) is 10.5 Å². The van der Waals surface area contributed by atoms with Crippen LogP contribution in [-0.4, -0.2) is 25.9 Å². The molecule has 2 amide bonds. The molecule has 0 heterocycles. The van der Waals surface area contributed by atoms with Gasteiger partial charge in [0.1, 0.15) is 4.90 Å². The molecule has 0 aliphatic rings. The lowest BCUT2D eigenvalue weighted by molar-refractivity contribution is -0.385. The van der Waals surface area contributed by atoms with E-state index in [0.29, 0.717) is 6.54 Å². The summed E-state index contributed by atoms with van der Waals surface area (Å²) in [6, 6.07) is 10.1. The fourth-order valence-electron chi connectivity index (χ4n) is 2.48. The molecule has 29 heavy (non-hydrogen) atoms. The average molecular weight is 438 g/mol. The number of nitrogens with one attached hydrogen (secondary N) is 2. The summed E-state index contributed by atoms with van der Waals surface area (Å²) in [5.41, 5.74) is 0.559. The Bertz CT molecular complexity index is 993. The van der Waals surface area contributed by atoms with Crippen molar-refractivity contribution in [2.24, 2.45) is 0 Å². The smallest absolute Gasteiger partial charge is 0.328 e. The lowest BCUT2D eigenvalue weighted by atomic mass is 10.2. The van der Waals surface area contributed by atoms with Gasteiger partial charge in [0, 0.05) is 28.5 Å². The standard InChI is InChI=1S/C19H23N3O5S2/c1-3-4-7-12-20-19(23)21-29(26,27)18-13-15(22(24)25)10-11-17(18)28-16-9-6-5-8-14(16)2/h5-6,8-11,13H,3-4,7,12H2,1-2H3,(H2,20,21,23). The Morgan fingerprint density at radius 1 is 1.14 bits per heavy atom. The van der Waals surface area contributed by atoms with Crippen LogP contribution in [0.3, 0.4) is 0 Å². The van der Waals surface area contributed by atoms with Gasteiger partial charge >= 0.3 is 6.03 Å². The van der Waals surface area contributed by atoms with Gasteiger partial charge in [0.05, 0.1) is 4.92 Å². The third-order valence-electron chi connectivity index (χ3n) is 4.03. The summed E-state index contributed by atoms with van der Waals surface area (Å²) in [7, 11) is -4.31. The molecule has 0 radical (unpaired) electrons. The second-order valence-electron chi connectivity index (χ2n) is 6.32. The summed E-state index contributed by atoms with van der Waals surface area (Å²) in [6.45, 7) is 4.24. The number of nitro groups is 1. The average Bonchev–Trinajstić information content (AvgIpc) is 2.66. The van der Waals surface area contributed by atoms with Gasteiger partial charge in [-0.15, -0.1) is 0 Å². The van der Waals surface area contributed by atoms with E-state index in [9.17, 15) is 23.3 Å². The van der Waals surface area contributed by atoms with E-state index in [-0.39, 0.29) is 15.5 Å². The van der Waals surface area contributed by atoms with Crippen molar-refractivity contribution in [1.29, 1.82) is 0 Å². The van der Waals surface area contributed by atoms with E-state index >= 15 is 0 Å². The van der Waals surface area contributed by atoms with Crippen LogP contribution in [0, 0.1) is 17.0 Å². The maximum Gasteiger partial charge on any atom is 0.328 e. The first kappa shape index (κ1) is 22.7. The zero-order chi connectivity index (χ0) is 21.4. The fraction of sp³-hybridized carbons (Fsp3) is 0.316. The molecular weight excluding hydrogens is 414 g/mol. The molecule has 156 valence electrons. The lowest BCUT2D eigenvalue weighted by Gasteiger charge is -2.13. The Labute approximate surface area is 174 Å². The maximum absolute atomic E-state index is 12.8. The van der Waals surface area contributed by atoms with E-state index in [1.54, 1.807) is 0 Å². The number of aryl methyl sites for hydroxylation is 1. The number of non-ortho nitro benzene ring substituents is 1. The van der Waals surface area contributed by atoms with Crippen molar-refractivity contribution in [2.45, 2.75) is 47.8 Å². The van der Waals surface area contributed by atoms with Crippen molar-refractivity contribution in [2.75, 3.05) is 6.54 Å². The number of hydrogen-bond donors (Lipinski definition) is 2. The molecule has 0 fully saturated rings. The summed E-state index contributed by atoms with van der Waals surface area (Å²) in [5.74, 6) is 0. The van der Waals surface area contributed by atoms with E-state index < -0.39 is 21.0 Å². The number of amides is 2. The van der Waals surface area contributed by atoms with Gasteiger partial charge in [-0.1, -0.05) is 49.7 Å². The van der Waals surface area contributed by atoms with Crippen LogP contribution in [0.25, 0.3) is 0 Å². The minimum Gasteiger partial charge on any atom is -0.337 e. The van der Waals surface area contributed by atoms with E-state index in [1.807, 2.05) is 42.8 Å². The molecule has 0 bridgehead atoms. The van der Waals surface area contributed by atoms with Crippen LogP contribution in [-0.2, 0) is 10.0 Å². The third-order valence-corrected chi connectivity index (χ3v) is 6.79. The van der Waals surface area contributed by atoms with Crippen LogP contribution in [0.1, 0.15) is 31.7 Å². The summed E-state index contributed by atoms with van der Waals surface area (Å²) >= 11 is 1.17. The third kappa shape index (κ3) is 6.47. The molecule has 0 saturated heterocycles. The molecule has 0 spiro atoms. The highest BCUT2D eigenvalue weighted by molar-refractivity contribution is 8.00. The van der Waals surface area contributed by atoms with Gasteiger partial charge in [-0.05, 0) is 31.0 Å². The molecule has 8 nitrogen and oxygen atoms in total. The van der Waals surface area contributed by atoms with Crippen molar-refractivity contribution >= 4 is 33.5 Å². The largest absolute Gasteiger partial charge is 0.337 e. The van der Waals surface area contributed by atoms with Gasteiger partial charge in [-0.25, -0.2) is 17.9 Å². The number of urea groups is 1.